The van der Waals surface area contributed by atoms with Gasteiger partial charge in [-0.15, -0.1) is 0 Å². The van der Waals surface area contributed by atoms with Gasteiger partial charge in [-0.25, -0.2) is 0 Å². The van der Waals surface area contributed by atoms with Crippen LogP contribution in [0.25, 0.3) is 0 Å². The van der Waals surface area contributed by atoms with E-state index in [1.54, 1.807) is 109 Å². The van der Waals surface area contributed by atoms with Crippen LogP contribution in [0.4, 0.5) is 0 Å². The minimum absolute atomic E-state index is 0.0203. The van der Waals surface area contributed by atoms with Gasteiger partial charge < -0.3 is 99.3 Å². The number of ether oxygens (including phenoxy) is 3. The lowest BCUT2D eigenvalue weighted by Crippen LogP contribution is -2.62. The molecule has 0 saturated carbocycles. The summed E-state index contributed by atoms with van der Waals surface area (Å²) in [5, 5.41) is 43.9. The van der Waals surface area contributed by atoms with Gasteiger partial charge in [-0.05, 0) is 149 Å². The predicted octanol–water partition coefficient (Wildman–Crippen LogP) is 3.87. The van der Waals surface area contributed by atoms with Gasteiger partial charge in [-0.1, -0.05) is 149 Å². The number of unbranched alkanes of at least 4 members (excludes halogenated alkanes) is 2. The summed E-state index contributed by atoms with van der Waals surface area (Å²) in [6, 6.07) is -9.66. The highest BCUT2D eigenvalue weighted by Crippen LogP contribution is 2.21. The molecule has 1 aromatic carbocycles. The van der Waals surface area contributed by atoms with Crippen LogP contribution in [0.2, 0.25) is 0 Å². The topological polar surface area (TPSA) is 544 Å². The average Bonchev–Trinajstić information content (AvgIpc) is 0.841. The minimum Gasteiger partial charge on any atom is -0.464 e. The Morgan fingerprint density at radius 3 is 1.06 bits per heavy atom. The molecule has 1 aromatic rings. The Morgan fingerprint density at radius 1 is 0.338 bits per heavy atom. The van der Waals surface area contributed by atoms with E-state index in [2.05, 4.69) is 85.1 Å². The third-order valence-electron chi connectivity index (χ3n) is 21.4. The van der Waals surface area contributed by atoms with Gasteiger partial charge in [0.1, 0.15) is 84.5 Å². The van der Waals surface area contributed by atoms with Crippen LogP contribution in [0.5, 0.6) is 5.75 Å². The van der Waals surface area contributed by atoms with Gasteiger partial charge in [0.25, 0.3) is 11.8 Å². The summed E-state index contributed by atoms with van der Waals surface area (Å²) >= 11 is 0. The first-order chi connectivity index (χ1) is 60.8. The second-order valence-electron chi connectivity index (χ2n) is 36.1. The molecular weight excluding hydrogens is 1680 g/mol. The Labute approximate surface area is 767 Å². The molecule has 130 heavy (non-hydrogen) atoms. The Morgan fingerprint density at radius 2 is 0.677 bits per heavy atom. The molecule has 0 saturated heterocycles. The summed E-state index contributed by atoms with van der Waals surface area (Å²) in [5.41, 5.74) is 0.218. The molecule has 1 rings (SSSR count). The van der Waals surface area contributed by atoms with Crippen LogP contribution in [0, 0.1) is 53.3 Å². The van der Waals surface area contributed by atoms with E-state index in [-0.39, 0.29) is 143 Å². The van der Waals surface area contributed by atoms with Crippen molar-refractivity contribution < 1.29 is 105 Å². The number of hydrogen-bond donors (Lipinski definition) is 16. The molecule has 0 aliphatic rings. The number of carbonyl (C=O) groups excluding carboxylic acids is 19. The van der Waals surface area contributed by atoms with Crippen molar-refractivity contribution in [1.29, 1.82) is 0 Å². The van der Waals surface area contributed by atoms with E-state index in [0.717, 1.165) is 6.92 Å². The molecule has 38 nitrogen and oxygen atoms in total. The smallest absolute Gasteiger partial charge is 0.308 e. The molecular formula is C92H154N16O22. The van der Waals surface area contributed by atoms with Crippen LogP contribution < -0.4 is 89.8 Å². The molecule has 5 unspecified atom stereocenters. The maximum Gasteiger partial charge on any atom is 0.308 e. The largest absolute Gasteiger partial charge is 0.464 e. The number of nitrogens with one attached hydrogen (secondary N) is 16. The van der Waals surface area contributed by atoms with Crippen LogP contribution in [-0.4, -0.2) is 217 Å². The van der Waals surface area contributed by atoms with Gasteiger partial charge in [-0.2, -0.15) is 0 Å². The fourth-order valence-electron chi connectivity index (χ4n) is 13.6. The maximum absolute atomic E-state index is 15.0. The zero-order chi connectivity index (χ0) is 99.1. The van der Waals surface area contributed by atoms with Crippen LogP contribution in [-0.2, 0) is 107 Å². The number of amides is 16. The van der Waals surface area contributed by atoms with Crippen LogP contribution in [0.3, 0.4) is 0 Å². The molecule has 16 N–H and O–H groups in total. The number of rotatable bonds is 60. The number of esters is 3. The van der Waals surface area contributed by atoms with Gasteiger partial charge in [0, 0.05) is 73.5 Å². The van der Waals surface area contributed by atoms with Gasteiger partial charge in [0.05, 0.1) is 6.04 Å². The number of benzene rings is 1. The average molecular weight is 1840 g/mol. The Bertz CT molecular complexity index is 3940. The lowest BCUT2D eigenvalue weighted by atomic mass is 9.95. The Kier molecular flexibility index (Phi) is 54.6. The normalized spacial score (nSPS) is 14.9. The number of hydrogen-bond acceptors (Lipinski definition) is 22. The third-order valence-corrected chi connectivity index (χ3v) is 21.4. The van der Waals surface area contributed by atoms with E-state index < -0.39 is 203 Å². The first kappa shape index (κ1) is 117. The fraction of sp³-hybridized carbons (Fsp3) is 0.707. The molecule has 15 atom stereocenters. The van der Waals surface area contributed by atoms with E-state index in [1.165, 1.54) is 59.8 Å². The molecule has 0 bridgehead atoms. The highest BCUT2D eigenvalue weighted by atomic mass is 16.6. The molecule has 38 heteroatoms. The number of carbonyl (C=O) groups is 19. The first-order valence-electron chi connectivity index (χ1n) is 45.7. The van der Waals surface area contributed by atoms with Crippen molar-refractivity contribution in [2.24, 2.45) is 53.3 Å². The zero-order valence-corrected chi connectivity index (χ0v) is 81.3. The molecule has 16 amide bonds. The molecule has 0 aliphatic heterocycles. The standard InChI is InChI=1S/C92H154N16O22/c1-26-56(18)78(108-83(118)69(36-33-43-95-60(22)111)98-84(119)70(44-49(4)5)100-80(115)66(28-3)96-92(127)79(57(19)27-2)130-63(25)114)91(126)107-77(55(16)17)90(125)106-76(54(14)15)88(123)99-68(35-30-32-42-94-59(21)110)82(117)105-75(53(12)13)89(124)103-72(46-51(8)9)85(120)97-67(34-29-31-41-93-58(20)109)81(116)102-73(47-64-37-39-65(40-38-64)129-62(24)113)87(122)101-71(45-50(6)7)86(121)104-74(52(10)11)48-128-61(23)112/h28,37-40,49-57,67-79H,26-27,29-36,41-48H2,1-25H3,(H,93,109)(H,94,110)(H,95,111)(H,96,127)(H,97,120)(H,98,119)(H,99,123)(H,100,115)(H,101,122)(H,102,116)(H,103,124)(H,104,121)(H,105,117)(H,106,125)(H,107,126)(H,108,118)/t56-,57+,67?,68?,69+,70-,71?,72?,73+,74+,75-,76-,77-,78?,79+/m0/s1. The molecule has 0 spiro atoms. The van der Waals surface area contributed by atoms with Crippen LogP contribution in [0.15, 0.2) is 36.0 Å². The van der Waals surface area contributed by atoms with E-state index in [9.17, 15) is 86.3 Å². The molecule has 0 heterocycles. The Hall–Kier alpha value is -11.1. The molecule has 734 valence electrons. The van der Waals surface area contributed by atoms with Gasteiger partial charge in [-0.3, -0.25) is 91.1 Å². The SMILES string of the molecule is CC=C(NC(=O)[C@H](OC(C)=O)[C@H](C)CC)C(=O)N[C@@H](CC(C)C)C(=O)N[C@H](CCCNC(C)=O)C(=O)NC(C(=O)N[C@H](C(=O)N[C@H](C(=O)NC(CCCCNC(C)=O)C(=O)N[C@H](C(=O)NC(CC(C)C)C(=O)NC(CCCCNC(C)=O)C(=O)N[C@H](Cc1ccc(OC(C)=O)cc1)C(=O)NC(CC(C)C)C(=O)N[C@H](COC(C)=O)C(C)C)C(C)C)C(C)C)C(C)C)[C@@H](C)CC. The molecule has 0 radical (unpaired) electrons. The summed E-state index contributed by atoms with van der Waals surface area (Å²) in [7, 11) is 0. The Balaban J connectivity index is 3.91. The van der Waals surface area contributed by atoms with Crippen molar-refractivity contribution in [3.8, 4) is 5.75 Å². The summed E-state index contributed by atoms with van der Waals surface area (Å²) in [6.07, 6.45) is 1.76. The summed E-state index contributed by atoms with van der Waals surface area (Å²) < 4.78 is 15.8. The molecule has 0 aliphatic carbocycles. The zero-order valence-electron chi connectivity index (χ0n) is 81.3. The molecule has 0 fully saturated rings. The fourth-order valence-corrected chi connectivity index (χ4v) is 13.6. The highest BCUT2D eigenvalue weighted by Gasteiger charge is 2.41. The second kappa shape index (κ2) is 60.7. The van der Waals surface area contributed by atoms with Crippen LogP contribution in [0.1, 0.15) is 262 Å². The third kappa shape index (κ3) is 45.9. The quantitative estimate of drug-likeness (QED) is 0.0190. The summed E-state index contributed by atoms with van der Waals surface area (Å²) in [6.45, 7) is 40.5. The van der Waals surface area contributed by atoms with Crippen molar-refractivity contribution in [3.05, 3.63) is 41.6 Å². The maximum atomic E-state index is 15.0. The highest BCUT2D eigenvalue weighted by molar-refractivity contribution is 6.03. The molecule has 0 aromatic heterocycles. The van der Waals surface area contributed by atoms with Crippen molar-refractivity contribution in [3.63, 3.8) is 0 Å². The summed E-state index contributed by atoms with van der Waals surface area (Å²) in [5.74, 6) is -17.3. The van der Waals surface area contributed by atoms with E-state index in [0.29, 0.717) is 31.2 Å². The monoisotopic (exact) mass is 1840 g/mol. The minimum atomic E-state index is -1.45. The van der Waals surface area contributed by atoms with Gasteiger partial charge in [0.15, 0.2) is 6.10 Å². The predicted molar refractivity (Wildman–Crippen MR) is 488 cm³/mol. The number of allylic oxidation sites excluding steroid dienone is 1. The second-order valence-corrected chi connectivity index (χ2v) is 36.1. The van der Waals surface area contributed by atoms with Gasteiger partial charge in [0.2, 0.25) is 82.7 Å². The van der Waals surface area contributed by atoms with Crippen molar-refractivity contribution in [1.82, 2.24) is 85.1 Å². The summed E-state index contributed by atoms with van der Waals surface area (Å²) in [4.78, 5) is 261. The van der Waals surface area contributed by atoms with Gasteiger partial charge >= 0.3 is 17.9 Å². The van der Waals surface area contributed by atoms with Crippen molar-refractivity contribution in [2.45, 2.75) is 342 Å². The van der Waals surface area contributed by atoms with E-state index in [4.69, 9.17) is 14.2 Å². The van der Waals surface area contributed by atoms with Crippen molar-refractivity contribution in [2.75, 3.05) is 26.2 Å². The first-order valence-corrected chi connectivity index (χ1v) is 45.7. The lowest BCUT2D eigenvalue weighted by molar-refractivity contribution is -0.156. The van der Waals surface area contributed by atoms with E-state index >= 15 is 4.79 Å². The lowest BCUT2D eigenvalue weighted by Gasteiger charge is -2.31. The van der Waals surface area contributed by atoms with Crippen LogP contribution >= 0.6 is 0 Å². The van der Waals surface area contributed by atoms with E-state index in [1.807, 2.05) is 27.7 Å². The van der Waals surface area contributed by atoms with Crippen molar-refractivity contribution >= 4 is 112 Å².